The fourth-order valence-electron chi connectivity index (χ4n) is 3.71. The molecule has 27 heavy (non-hydrogen) atoms. The lowest BCUT2D eigenvalue weighted by molar-refractivity contribution is -0.133. The Hall–Kier alpha value is -2.93. The third-order valence-corrected chi connectivity index (χ3v) is 5.12. The highest BCUT2D eigenvalue weighted by Gasteiger charge is 2.43. The lowest BCUT2D eigenvalue weighted by atomic mass is 10.1. The Morgan fingerprint density at radius 2 is 2.00 bits per heavy atom. The van der Waals surface area contributed by atoms with E-state index in [2.05, 4.69) is 4.98 Å². The quantitative estimate of drug-likeness (QED) is 0.885. The molecule has 0 saturated carbocycles. The van der Waals surface area contributed by atoms with Gasteiger partial charge in [-0.3, -0.25) is 9.59 Å². The van der Waals surface area contributed by atoms with E-state index in [4.69, 9.17) is 10.5 Å². The zero-order chi connectivity index (χ0) is 18.8. The van der Waals surface area contributed by atoms with Crippen LogP contribution in [0.25, 0.3) is 0 Å². The maximum Gasteiger partial charge on any atom is 0.255 e. The summed E-state index contributed by atoms with van der Waals surface area (Å²) < 4.78 is 5.91. The van der Waals surface area contributed by atoms with E-state index in [1.807, 2.05) is 35.2 Å². The van der Waals surface area contributed by atoms with Crippen LogP contribution >= 0.6 is 0 Å². The first-order valence-electron chi connectivity index (χ1n) is 9.07. The number of fused-ring (bicyclic) bond motifs is 1. The second-order valence-electron chi connectivity index (χ2n) is 6.92. The second kappa shape index (κ2) is 7.36. The Labute approximate surface area is 157 Å². The SMILES string of the molecule is Nc1ccc(C(=O)N2C[C@@H]3OCCC(=O)N(Cc4ccccc4)[C@H]3C2)cn1. The molecule has 140 valence electrons. The van der Waals surface area contributed by atoms with E-state index >= 15 is 0 Å². The van der Waals surface area contributed by atoms with Crippen molar-refractivity contribution >= 4 is 17.6 Å². The highest BCUT2D eigenvalue weighted by molar-refractivity contribution is 5.94. The van der Waals surface area contributed by atoms with Crippen molar-refractivity contribution in [2.45, 2.75) is 25.1 Å². The van der Waals surface area contributed by atoms with Gasteiger partial charge >= 0.3 is 0 Å². The van der Waals surface area contributed by atoms with Gasteiger partial charge < -0.3 is 20.3 Å². The summed E-state index contributed by atoms with van der Waals surface area (Å²) in [6.45, 7) is 1.82. The van der Waals surface area contributed by atoms with Crippen molar-refractivity contribution < 1.29 is 14.3 Å². The number of pyridine rings is 1. The lowest BCUT2D eigenvalue weighted by Gasteiger charge is -2.29. The zero-order valence-corrected chi connectivity index (χ0v) is 15.0. The van der Waals surface area contributed by atoms with Crippen molar-refractivity contribution in [1.82, 2.24) is 14.8 Å². The normalized spacial score (nSPS) is 22.4. The minimum atomic E-state index is -0.175. The van der Waals surface area contributed by atoms with Crippen LogP contribution in [0.3, 0.4) is 0 Å². The molecule has 2 atom stereocenters. The van der Waals surface area contributed by atoms with Gasteiger partial charge in [-0.15, -0.1) is 0 Å². The Morgan fingerprint density at radius 1 is 1.19 bits per heavy atom. The van der Waals surface area contributed by atoms with Crippen molar-refractivity contribution in [3.63, 3.8) is 0 Å². The van der Waals surface area contributed by atoms with Gasteiger partial charge in [0.05, 0.1) is 30.7 Å². The molecule has 7 nitrogen and oxygen atoms in total. The van der Waals surface area contributed by atoms with E-state index < -0.39 is 0 Å². The molecule has 2 saturated heterocycles. The van der Waals surface area contributed by atoms with Gasteiger partial charge in [0.2, 0.25) is 5.91 Å². The molecule has 7 heteroatoms. The largest absolute Gasteiger partial charge is 0.384 e. The second-order valence-corrected chi connectivity index (χ2v) is 6.92. The number of amides is 2. The molecule has 4 rings (SSSR count). The molecule has 1 aromatic heterocycles. The number of hydrogen-bond donors (Lipinski definition) is 1. The van der Waals surface area contributed by atoms with Gasteiger partial charge in [-0.25, -0.2) is 4.98 Å². The predicted octanol–water partition coefficient (Wildman–Crippen LogP) is 1.31. The summed E-state index contributed by atoms with van der Waals surface area (Å²) in [6.07, 6.45) is 1.68. The van der Waals surface area contributed by atoms with E-state index in [9.17, 15) is 9.59 Å². The van der Waals surface area contributed by atoms with Gasteiger partial charge in [0.15, 0.2) is 0 Å². The number of benzene rings is 1. The topological polar surface area (TPSA) is 88.8 Å². The molecule has 2 amide bonds. The van der Waals surface area contributed by atoms with Gasteiger partial charge in [-0.1, -0.05) is 30.3 Å². The van der Waals surface area contributed by atoms with Crippen molar-refractivity contribution in [3.05, 3.63) is 59.8 Å². The van der Waals surface area contributed by atoms with Gasteiger partial charge in [0.25, 0.3) is 5.91 Å². The van der Waals surface area contributed by atoms with Crippen molar-refractivity contribution in [2.24, 2.45) is 0 Å². The number of hydrogen-bond acceptors (Lipinski definition) is 5. The van der Waals surface area contributed by atoms with E-state index in [1.54, 1.807) is 17.0 Å². The fraction of sp³-hybridized carbons (Fsp3) is 0.350. The van der Waals surface area contributed by atoms with Crippen LogP contribution in [0.1, 0.15) is 22.3 Å². The van der Waals surface area contributed by atoms with Crippen LogP contribution in [0.2, 0.25) is 0 Å². The van der Waals surface area contributed by atoms with Crippen LogP contribution in [0.15, 0.2) is 48.7 Å². The molecule has 1 aromatic carbocycles. The maximum absolute atomic E-state index is 12.8. The monoisotopic (exact) mass is 366 g/mol. The third-order valence-electron chi connectivity index (χ3n) is 5.12. The fourth-order valence-corrected chi connectivity index (χ4v) is 3.71. The molecule has 0 aliphatic carbocycles. The maximum atomic E-state index is 12.8. The first-order chi connectivity index (χ1) is 13.1. The highest BCUT2D eigenvalue weighted by atomic mass is 16.5. The first-order valence-corrected chi connectivity index (χ1v) is 9.07. The third kappa shape index (κ3) is 3.64. The number of rotatable bonds is 3. The van der Waals surface area contributed by atoms with Crippen molar-refractivity contribution in [1.29, 1.82) is 0 Å². The summed E-state index contributed by atoms with van der Waals surface area (Å²) in [5, 5.41) is 0. The van der Waals surface area contributed by atoms with Gasteiger partial charge in [-0.05, 0) is 17.7 Å². The summed E-state index contributed by atoms with van der Waals surface area (Å²) in [5.74, 6) is 0.321. The summed E-state index contributed by atoms with van der Waals surface area (Å²) in [6, 6.07) is 13.0. The van der Waals surface area contributed by atoms with Crippen LogP contribution in [-0.2, 0) is 16.1 Å². The molecule has 2 aliphatic heterocycles. The molecule has 0 spiro atoms. The lowest BCUT2D eigenvalue weighted by Crippen LogP contribution is -2.45. The number of aromatic nitrogens is 1. The summed E-state index contributed by atoms with van der Waals surface area (Å²) in [5.41, 5.74) is 7.16. The molecule has 3 heterocycles. The highest BCUT2D eigenvalue weighted by Crippen LogP contribution is 2.26. The van der Waals surface area contributed by atoms with Crippen molar-refractivity contribution in [2.75, 3.05) is 25.4 Å². The minimum Gasteiger partial charge on any atom is -0.384 e. The average molecular weight is 366 g/mol. The van der Waals surface area contributed by atoms with Crippen molar-refractivity contribution in [3.8, 4) is 0 Å². The van der Waals surface area contributed by atoms with E-state index in [0.29, 0.717) is 44.0 Å². The van der Waals surface area contributed by atoms with Crippen LogP contribution in [-0.4, -0.2) is 58.4 Å². The molecular formula is C20H22N4O3. The van der Waals surface area contributed by atoms with Gasteiger partial charge in [0, 0.05) is 25.8 Å². The number of ether oxygens (including phenoxy) is 1. The van der Waals surface area contributed by atoms with Gasteiger partial charge in [-0.2, -0.15) is 0 Å². The molecule has 2 aliphatic rings. The predicted molar refractivity (Wildman–Crippen MR) is 99.7 cm³/mol. The number of likely N-dealkylation sites (tertiary alicyclic amines) is 1. The molecule has 2 aromatic rings. The molecular weight excluding hydrogens is 344 g/mol. The zero-order valence-electron chi connectivity index (χ0n) is 15.0. The van der Waals surface area contributed by atoms with E-state index in [-0.39, 0.29) is 24.0 Å². The standard InChI is InChI=1S/C20H22N4O3/c21-18-7-6-15(10-22-18)20(26)23-12-16-17(13-23)27-9-8-19(25)24(16)11-14-4-2-1-3-5-14/h1-7,10,16-17H,8-9,11-13H2,(H2,21,22)/t16-,17-/m0/s1. The summed E-state index contributed by atoms with van der Waals surface area (Å²) in [7, 11) is 0. The Kier molecular flexibility index (Phi) is 4.77. The molecule has 0 radical (unpaired) electrons. The minimum absolute atomic E-state index is 0.0646. The first kappa shape index (κ1) is 17.5. The number of nitrogens with two attached hydrogens (primary N) is 1. The number of carbonyl (C=O) groups excluding carboxylic acids is 2. The Morgan fingerprint density at radius 3 is 2.74 bits per heavy atom. The smallest absolute Gasteiger partial charge is 0.255 e. The van der Waals surface area contributed by atoms with E-state index in [1.165, 1.54) is 6.20 Å². The Bertz CT molecular complexity index is 825. The number of nitrogens with zero attached hydrogens (tertiary/aromatic N) is 3. The molecule has 0 bridgehead atoms. The Balaban J connectivity index is 1.54. The number of carbonyl (C=O) groups is 2. The average Bonchev–Trinajstić information content (AvgIpc) is 3.05. The van der Waals surface area contributed by atoms with Crippen LogP contribution in [0.4, 0.5) is 5.82 Å². The molecule has 2 fully saturated rings. The number of nitrogen functional groups attached to an aromatic ring is 1. The van der Waals surface area contributed by atoms with Gasteiger partial charge in [0.1, 0.15) is 5.82 Å². The molecule has 0 unspecified atom stereocenters. The molecule has 2 N–H and O–H groups in total. The summed E-state index contributed by atoms with van der Waals surface area (Å²) in [4.78, 5) is 33.1. The number of anilines is 1. The van der Waals surface area contributed by atoms with Crippen LogP contribution in [0.5, 0.6) is 0 Å². The van der Waals surface area contributed by atoms with Crippen LogP contribution in [0, 0.1) is 0 Å². The van der Waals surface area contributed by atoms with E-state index in [0.717, 1.165) is 5.56 Å². The summed E-state index contributed by atoms with van der Waals surface area (Å²) >= 11 is 0. The van der Waals surface area contributed by atoms with Crippen LogP contribution < -0.4 is 5.73 Å².